The zero-order valence-electron chi connectivity index (χ0n) is 11.6. The van der Waals surface area contributed by atoms with E-state index in [-0.39, 0.29) is 17.4 Å². The first-order valence-electron chi connectivity index (χ1n) is 7.03. The van der Waals surface area contributed by atoms with Crippen LogP contribution in [0.1, 0.15) is 26.2 Å². The van der Waals surface area contributed by atoms with Gasteiger partial charge in [0.25, 0.3) is 5.69 Å². The van der Waals surface area contributed by atoms with Crippen molar-refractivity contribution < 1.29 is 9.31 Å². The Morgan fingerprint density at radius 3 is 2.95 bits per heavy atom. The SMILES string of the molecule is CCN1CCCC(Nc2c(F)cccc2[N+](=O)[O-])CC1. The molecule has 1 fully saturated rings. The normalized spacial score (nSPS) is 20.4. The summed E-state index contributed by atoms with van der Waals surface area (Å²) in [6, 6.07) is 4.04. The van der Waals surface area contributed by atoms with Crippen LogP contribution in [0.15, 0.2) is 18.2 Å². The van der Waals surface area contributed by atoms with E-state index in [9.17, 15) is 14.5 Å². The molecule has 0 amide bonds. The van der Waals surface area contributed by atoms with E-state index < -0.39 is 10.7 Å². The van der Waals surface area contributed by atoms with Gasteiger partial charge in [0.15, 0.2) is 5.82 Å². The average Bonchev–Trinajstić information content (AvgIpc) is 2.66. The molecule has 1 atom stereocenters. The van der Waals surface area contributed by atoms with Gasteiger partial charge in [0, 0.05) is 18.7 Å². The first kappa shape index (κ1) is 14.7. The van der Waals surface area contributed by atoms with E-state index in [0.717, 1.165) is 38.9 Å². The second kappa shape index (κ2) is 6.65. The third kappa shape index (κ3) is 3.45. The molecule has 0 spiro atoms. The van der Waals surface area contributed by atoms with Gasteiger partial charge in [-0.05, 0) is 38.4 Å². The lowest BCUT2D eigenvalue weighted by molar-refractivity contribution is -0.384. The van der Waals surface area contributed by atoms with E-state index in [1.54, 1.807) is 0 Å². The van der Waals surface area contributed by atoms with Crippen molar-refractivity contribution in [2.75, 3.05) is 25.0 Å². The van der Waals surface area contributed by atoms with Crippen molar-refractivity contribution >= 4 is 11.4 Å². The van der Waals surface area contributed by atoms with Crippen molar-refractivity contribution in [1.29, 1.82) is 0 Å². The maximum absolute atomic E-state index is 13.8. The zero-order valence-corrected chi connectivity index (χ0v) is 11.6. The van der Waals surface area contributed by atoms with E-state index in [1.807, 2.05) is 0 Å². The molecule has 5 nitrogen and oxygen atoms in total. The maximum atomic E-state index is 13.8. The highest BCUT2D eigenvalue weighted by Gasteiger charge is 2.22. The summed E-state index contributed by atoms with van der Waals surface area (Å²) >= 11 is 0. The molecule has 6 heteroatoms. The van der Waals surface area contributed by atoms with Gasteiger partial charge in [-0.3, -0.25) is 10.1 Å². The van der Waals surface area contributed by atoms with Crippen LogP contribution in [0.3, 0.4) is 0 Å². The van der Waals surface area contributed by atoms with Crippen molar-refractivity contribution in [1.82, 2.24) is 4.90 Å². The summed E-state index contributed by atoms with van der Waals surface area (Å²) in [5.41, 5.74) is -0.172. The summed E-state index contributed by atoms with van der Waals surface area (Å²) in [6.45, 7) is 5.10. The minimum Gasteiger partial charge on any atom is -0.374 e. The van der Waals surface area contributed by atoms with Gasteiger partial charge in [-0.15, -0.1) is 0 Å². The quantitative estimate of drug-likeness (QED) is 0.681. The molecule has 1 heterocycles. The fraction of sp³-hybridized carbons (Fsp3) is 0.571. The highest BCUT2D eigenvalue weighted by molar-refractivity contribution is 5.62. The van der Waals surface area contributed by atoms with Gasteiger partial charge in [-0.1, -0.05) is 13.0 Å². The lowest BCUT2D eigenvalue weighted by atomic mass is 10.1. The van der Waals surface area contributed by atoms with Crippen molar-refractivity contribution in [3.63, 3.8) is 0 Å². The molecule has 1 saturated heterocycles. The van der Waals surface area contributed by atoms with Crippen molar-refractivity contribution in [3.8, 4) is 0 Å². The molecule has 0 bridgehead atoms. The van der Waals surface area contributed by atoms with Crippen LogP contribution in [0.4, 0.5) is 15.8 Å². The van der Waals surface area contributed by atoms with E-state index in [0.29, 0.717) is 0 Å². The molecule has 20 heavy (non-hydrogen) atoms. The number of rotatable bonds is 4. The predicted molar refractivity (Wildman–Crippen MR) is 76.4 cm³/mol. The van der Waals surface area contributed by atoms with Crippen LogP contribution < -0.4 is 5.32 Å². The molecular weight excluding hydrogens is 261 g/mol. The topological polar surface area (TPSA) is 58.4 Å². The smallest absolute Gasteiger partial charge is 0.295 e. The Morgan fingerprint density at radius 1 is 1.45 bits per heavy atom. The number of benzene rings is 1. The number of nitrogens with one attached hydrogen (secondary N) is 1. The van der Waals surface area contributed by atoms with Gasteiger partial charge in [-0.25, -0.2) is 4.39 Å². The van der Waals surface area contributed by atoms with Gasteiger partial charge in [-0.2, -0.15) is 0 Å². The summed E-state index contributed by atoms with van der Waals surface area (Å²) in [4.78, 5) is 12.8. The standard InChI is InChI=1S/C14H20FN3O2/c1-2-17-9-4-5-11(8-10-17)16-14-12(15)6-3-7-13(14)18(19)20/h3,6-7,11,16H,2,4-5,8-10H2,1H3. The van der Waals surface area contributed by atoms with E-state index in [2.05, 4.69) is 17.1 Å². The minimum absolute atomic E-state index is 0.0208. The van der Waals surface area contributed by atoms with Gasteiger partial charge >= 0.3 is 0 Å². The third-order valence-corrected chi connectivity index (χ3v) is 3.80. The highest BCUT2D eigenvalue weighted by Crippen LogP contribution is 2.29. The molecule has 1 aliphatic rings. The Labute approximate surface area is 117 Å². The lowest BCUT2D eigenvalue weighted by Gasteiger charge is -2.19. The molecule has 1 aromatic rings. The van der Waals surface area contributed by atoms with Crippen LogP contribution in [-0.2, 0) is 0 Å². The fourth-order valence-corrected chi connectivity index (χ4v) is 2.63. The second-order valence-corrected chi connectivity index (χ2v) is 5.10. The van der Waals surface area contributed by atoms with Gasteiger partial charge in [0.2, 0.25) is 0 Å². The largest absolute Gasteiger partial charge is 0.374 e. The number of para-hydroxylation sites is 1. The monoisotopic (exact) mass is 281 g/mol. The molecule has 0 aromatic heterocycles. The zero-order chi connectivity index (χ0) is 14.5. The number of nitro groups is 1. The Bertz CT molecular complexity index is 481. The summed E-state index contributed by atoms with van der Waals surface area (Å²) in [5.74, 6) is -0.559. The van der Waals surface area contributed by atoms with Crippen molar-refractivity contribution in [3.05, 3.63) is 34.1 Å². The molecule has 1 aromatic carbocycles. The summed E-state index contributed by atoms with van der Waals surface area (Å²) < 4.78 is 13.8. The molecule has 2 rings (SSSR count). The number of anilines is 1. The van der Waals surface area contributed by atoms with Crippen LogP contribution >= 0.6 is 0 Å². The molecule has 110 valence electrons. The van der Waals surface area contributed by atoms with Gasteiger partial charge < -0.3 is 10.2 Å². The van der Waals surface area contributed by atoms with Gasteiger partial charge in [0.1, 0.15) is 5.69 Å². The number of nitro benzene ring substituents is 1. The van der Waals surface area contributed by atoms with Crippen LogP contribution in [0.25, 0.3) is 0 Å². The van der Waals surface area contributed by atoms with Crippen molar-refractivity contribution in [2.24, 2.45) is 0 Å². The first-order chi connectivity index (χ1) is 9.61. The van der Waals surface area contributed by atoms with Crippen molar-refractivity contribution in [2.45, 2.75) is 32.2 Å². The Morgan fingerprint density at radius 2 is 2.25 bits per heavy atom. The van der Waals surface area contributed by atoms with Crippen LogP contribution in [0.5, 0.6) is 0 Å². The number of nitrogens with zero attached hydrogens (tertiary/aromatic N) is 2. The van der Waals surface area contributed by atoms with Crippen LogP contribution in [0, 0.1) is 15.9 Å². The first-order valence-corrected chi connectivity index (χ1v) is 7.03. The number of hydrogen-bond donors (Lipinski definition) is 1. The minimum atomic E-state index is -0.559. The molecule has 0 aliphatic carbocycles. The fourth-order valence-electron chi connectivity index (χ4n) is 2.63. The third-order valence-electron chi connectivity index (χ3n) is 3.80. The summed E-state index contributed by atoms with van der Waals surface area (Å²) in [6.07, 6.45) is 2.80. The number of halogens is 1. The molecule has 0 saturated carbocycles. The Kier molecular flexibility index (Phi) is 4.89. The molecular formula is C14H20FN3O2. The molecule has 1 aliphatic heterocycles. The summed E-state index contributed by atoms with van der Waals surface area (Å²) in [5, 5.41) is 14.0. The van der Waals surface area contributed by atoms with E-state index in [4.69, 9.17) is 0 Å². The number of hydrogen-bond acceptors (Lipinski definition) is 4. The Hall–Kier alpha value is -1.69. The molecule has 0 radical (unpaired) electrons. The highest BCUT2D eigenvalue weighted by atomic mass is 19.1. The maximum Gasteiger partial charge on any atom is 0.295 e. The molecule has 1 N–H and O–H groups in total. The lowest BCUT2D eigenvalue weighted by Crippen LogP contribution is -2.26. The Balaban J connectivity index is 2.11. The van der Waals surface area contributed by atoms with E-state index in [1.165, 1.54) is 18.2 Å². The number of likely N-dealkylation sites (tertiary alicyclic amines) is 1. The van der Waals surface area contributed by atoms with E-state index >= 15 is 0 Å². The summed E-state index contributed by atoms with van der Waals surface area (Å²) in [7, 11) is 0. The predicted octanol–water partition coefficient (Wildman–Crippen LogP) is 3.02. The average molecular weight is 281 g/mol. The van der Waals surface area contributed by atoms with Crippen LogP contribution in [-0.4, -0.2) is 35.5 Å². The molecule has 1 unspecified atom stereocenters. The van der Waals surface area contributed by atoms with Gasteiger partial charge in [0.05, 0.1) is 4.92 Å². The van der Waals surface area contributed by atoms with Crippen LogP contribution in [0.2, 0.25) is 0 Å². The second-order valence-electron chi connectivity index (χ2n) is 5.10.